The highest BCUT2D eigenvalue weighted by Crippen LogP contribution is 2.40. The monoisotopic (exact) mass is 787 g/mol. The van der Waals surface area contributed by atoms with E-state index in [9.17, 15) is 0 Å². The highest BCUT2D eigenvalue weighted by molar-refractivity contribution is 6.25. The standard InChI is InChI=1S/C59H37N3/c1-2-13-43(14-3-1)61-55-22-10-8-19-49(55)52-36-41(30-33-57(52)61)42-31-34-58-53(37-42)50-20-9-11-23-56(50)62(58)59-24-12-21-54(60-59)39-27-25-38(26-28-39)40-29-32-48-46-17-5-4-15-44(46)45-16-6-7-18-47(45)51(48)35-40/h1-37H. The summed E-state index contributed by atoms with van der Waals surface area (Å²) >= 11 is 0. The molecule has 0 spiro atoms. The van der Waals surface area contributed by atoms with Gasteiger partial charge in [0.15, 0.2) is 0 Å². The molecule has 3 heterocycles. The van der Waals surface area contributed by atoms with Gasteiger partial charge in [-0.2, -0.15) is 0 Å². The summed E-state index contributed by atoms with van der Waals surface area (Å²) in [5, 5.41) is 12.6. The first-order valence-corrected chi connectivity index (χ1v) is 21.3. The second kappa shape index (κ2) is 13.6. The van der Waals surface area contributed by atoms with Gasteiger partial charge >= 0.3 is 0 Å². The molecule has 13 aromatic rings. The summed E-state index contributed by atoms with van der Waals surface area (Å²) < 4.78 is 4.68. The zero-order valence-corrected chi connectivity index (χ0v) is 33.7. The summed E-state index contributed by atoms with van der Waals surface area (Å²) in [6.07, 6.45) is 0. The topological polar surface area (TPSA) is 22.8 Å². The van der Waals surface area contributed by atoms with E-state index in [2.05, 4.69) is 234 Å². The minimum Gasteiger partial charge on any atom is -0.309 e. The molecule has 0 amide bonds. The maximum atomic E-state index is 5.32. The zero-order valence-electron chi connectivity index (χ0n) is 33.7. The summed E-state index contributed by atoms with van der Waals surface area (Å²) in [5.41, 5.74) is 12.6. The van der Waals surface area contributed by atoms with Crippen LogP contribution in [0.15, 0.2) is 224 Å². The highest BCUT2D eigenvalue weighted by Gasteiger charge is 2.17. The molecule has 3 heteroatoms. The van der Waals surface area contributed by atoms with Gasteiger partial charge in [-0.05, 0) is 121 Å². The number of rotatable bonds is 5. The van der Waals surface area contributed by atoms with Crippen LogP contribution in [0.25, 0.3) is 121 Å². The predicted molar refractivity (Wildman–Crippen MR) is 262 cm³/mol. The summed E-state index contributed by atoms with van der Waals surface area (Å²) in [4.78, 5) is 5.32. The first kappa shape index (κ1) is 34.6. The lowest BCUT2D eigenvalue weighted by Gasteiger charge is -2.12. The maximum Gasteiger partial charge on any atom is 0.138 e. The molecule has 0 unspecified atom stereocenters. The normalized spacial score (nSPS) is 11.9. The Balaban J connectivity index is 0.875. The van der Waals surface area contributed by atoms with Gasteiger partial charge in [-0.1, -0.05) is 158 Å². The van der Waals surface area contributed by atoms with E-state index in [1.54, 1.807) is 0 Å². The van der Waals surface area contributed by atoms with Crippen LogP contribution in [0.3, 0.4) is 0 Å². The number of aromatic nitrogens is 3. The van der Waals surface area contributed by atoms with Crippen LogP contribution in [-0.4, -0.2) is 14.1 Å². The van der Waals surface area contributed by atoms with Crippen LogP contribution < -0.4 is 0 Å². The molecular formula is C59H37N3. The fraction of sp³-hybridized carbons (Fsp3) is 0. The molecule has 0 aliphatic heterocycles. The average molecular weight is 788 g/mol. The Morgan fingerprint density at radius 2 is 0.661 bits per heavy atom. The molecule has 3 nitrogen and oxygen atoms in total. The number of hydrogen-bond acceptors (Lipinski definition) is 1. The van der Waals surface area contributed by atoms with E-state index in [-0.39, 0.29) is 0 Å². The van der Waals surface area contributed by atoms with E-state index < -0.39 is 0 Å². The number of pyridine rings is 1. The Labute approximate surface area is 358 Å². The first-order chi connectivity index (χ1) is 30.7. The summed E-state index contributed by atoms with van der Waals surface area (Å²) in [6, 6.07) is 81.5. The van der Waals surface area contributed by atoms with Crippen LogP contribution >= 0.6 is 0 Å². The van der Waals surface area contributed by atoms with Crippen LogP contribution in [0.5, 0.6) is 0 Å². The van der Waals surface area contributed by atoms with Gasteiger partial charge in [0, 0.05) is 32.8 Å². The number of benzene rings is 10. The van der Waals surface area contributed by atoms with Crippen molar-refractivity contribution in [2.75, 3.05) is 0 Å². The summed E-state index contributed by atoms with van der Waals surface area (Å²) in [6.45, 7) is 0. The molecule has 0 fully saturated rings. The van der Waals surface area contributed by atoms with Crippen molar-refractivity contribution in [2.24, 2.45) is 0 Å². The molecule has 0 bridgehead atoms. The van der Waals surface area contributed by atoms with Crippen molar-refractivity contribution in [1.82, 2.24) is 14.1 Å². The molecule has 0 radical (unpaired) electrons. The molecule has 0 aliphatic rings. The molecule has 0 N–H and O–H groups in total. The van der Waals surface area contributed by atoms with Crippen LogP contribution in [-0.2, 0) is 0 Å². The van der Waals surface area contributed by atoms with Crippen LogP contribution in [0.2, 0.25) is 0 Å². The largest absolute Gasteiger partial charge is 0.309 e. The molecule has 3 aromatic heterocycles. The lowest BCUT2D eigenvalue weighted by atomic mass is 9.92. The second-order valence-electron chi connectivity index (χ2n) is 16.3. The van der Waals surface area contributed by atoms with Crippen molar-refractivity contribution in [3.05, 3.63) is 224 Å². The molecule has 13 rings (SSSR count). The van der Waals surface area contributed by atoms with Crippen LogP contribution in [0, 0.1) is 0 Å². The molecule has 288 valence electrons. The van der Waals surface area contributed by atoms with E-state index in [1.165, 1.54) is 92.8 Å². The zero-order chi connectivity index (χ0) is 40.7. The minimum absolute atomic E-state index is 0.898. The third-order valence-corrected chi connectivity index (χ3v) is 12.9. The van der Waals surface area contributed by atoms with Crippen LogP contribution in [0.1, 0.15) is 0 Å². The van der Waals surface area contributed by atoms with Gasteiger partial charge in [-0.3, -0.25) is 4.57 Å². The first-order valence-electron chi connectivity index (χ1n) is 21.3. The van der Waals surface area contributed by atoms with Gasteiger partial charge in [0.1, 0.15) is 5.82 Å². The number of para-hydroxylation sites is 3. The molecule has 62 heavy (non-hydrogen) atoms. The maximum absolute atomic E-state index is 5.32. The average Bonchev–Trinajstić information content (AvgIpc) is 3.86. The lowest BCUT2D eigenvalue weighted by Crippen LogP contribution is -1.98. The molecular weight excluding hydrogens is 751 g/mol. The Morgan fingerprint density at radius 1 is 0.242 bits per heavy atom. The van der Waals surface area contributed by atoms with Crippen molar-refractivity contribution in [3.63, 3.8) is 0 Å². The predicted octanol–water partition coefficient (Wildman–Crippen LogP) is 15.7. The van der Waals surface area contributed by atoms with Gasteiger partial charge < -0.3 is 4.57 Å². The van der Waals surface area contributed by atoms with Crippen molar-refractivity contribution in [1.29, 1.82) is 0 Å². The Hall–Kier alpha value is -8.27. The molecule has 0 saturated heterocycles. The highest BCUT2D eigenvalue weighted by atomic mass is 15.1. The van der Waals surface area contributed by atoms with Gasteiger partial charge in [-0.15, -0.1) is 0 Å². The fourth-order valence-corrected chi connectivity index (χ4v) is 10.0. The summed E-state index contributed by atoms with van der Waals surface area (Å²) in [7, 11) is 0. The Morgan fingerprint density at radius 3 is 1.29 bits per heavy atom. The number of fused-ring (bicyclic) bond motifs is 12. The number of nitrogens with zero attached hydrogens (tertiary/aromatic N) is 3. The molecule has 0 saturated carbocycles. The van der Waals surface area contributed by atoms with Gasteiger partial charge in [0.25, 0.3) is 0 Å². The van der Waals surface area contributed by atoms with Crippen molar-refractivity contribution in [3.8, 4) is 45.0 Å². The van der Waals surface area contributed by atoms with E-state index in [0.717, 1.165) is 28.1 Å². The Bertz CT molecular complexity index is 3870. The van der Waals surface area contributed by atoms with Crippen molar-refractivity contribution >= 4 is 75.9 Å². The van der Waals surface area contributed by atoms with Crippen LogP contribution in [0.4, 0.5) is 0 Å². The Kier molecular flexibility index (Phi) is 7.60. The van der Waals surface area contributed by atoms with E-state index in [1.807, 2.05) is 0 Å². The van der Waals surface area contributed by atoms with Gasteiger partial charge in [-0.25, -0.2) is 4.98 Å². The lowest BCUT2D eigenvalue weighted by molar-refractivity contribution is 1.08. The SMILES string of the molecule is c1ccc(-n2c3ccccc3c3cc(-c4ccc5c(c4)c4ccccc4n5-c4cccc(-c5ccc(-c6ccc7c8ccccc8c8ccccc8c7c6)cc5)n4)ccc32)cc1. The quantitative estimate of drug-likeness (QED) is 0.159. The summed E-state index contributed by atoms with van der Waals surface area (Å²) in [5.74, 6) is 0.898. The van der Waals surface area contributed by atoms with Crippen molar-refractivity contribution < 1.29 is 0 Å². The smallest absolute Gasteiger partial charge is 0.138 e. The van der Waals surface area contributed by atoms with Gasteiger partial charge in [0.2, 0.25) is 0 Å². The van der Waals surface area contributed by atoms with E-state index in [4.69, 9.17) is 4.98 Å². The van der Waals surface area contributed by atoms with Gasteiger partial charge in [0.05, 0.1) is 27.8 Å². The molecule has 0 aliphatic carbocycles. The molecule has 10 aromatic carbocycles. The number of hydrogen-bond donors (Lipinski definition) is 0. The van der Waals surface area contributed by atoms with E-state index >= 15 is 0 Å². The third kappa shape index (κ3) is 5.28. The molecule has 0 atom stereocenters. The second-order valence-corrected chi connectivity index (χ2v) is 16.3. The van der Waals surface area contributed by atoms with Crippen molar-refractivity contribution in [2.45, 2.75) is 0 Å². The third-order valence-electron chi connectivity index (χ3n) is 12.9. The fourth-order valence-electron chi connectivity index (χ4n) is 10.0. The minimum atomic E-state index is 0.898. The van der Waals surface area contributed by atoms with E-state index in [0.29, 0.717) is 0 Å².